The lowest BCUT2D eigenvalue weighted by Crippen LogP contribution is -2.43. The molecule has 2 aromatic rings. The number of rotatable bonds is 2. The van der Waals surface area contributed by atoms with Gasteiger partial charge in [-0.3, -0.25) is 0 Å². The molecule has 1 aromatic heterocycles. The van der Waals surface area contributed by atoms with E-state index >= 15 is 0 Å². The first kappa shape index (κ1) is 12.5. The zero-order chi connectivity index (χ0) is 13.6. The molecule has 0 bridgehead atoms. The summed E-state index contributed by atoms with van der Waals surface area (Å²) in [4.78, 5) is 0. The largest absolute Gasteiger partial charge is 0.459 e. The molecule has 2 aliphatic rings. The van der Waals surface area contributed by atoms with Crippen LogP contribution in [0, 0.1) is 12.8 Å². The van der Waals surface area contributed by atoms with E-state index in [4.69, 9.17) is 4.42 Å². The predicted molar refractivity (Wildman–Crippen MR) is 81.8 cm³/mol. The Hall–Kier alpha value is -1.28. The molecular formula is C18H23NO. The van der Waals surface area contributed by atoms with Crippen LogP contribution in [0.3, 0.4) is 0 Å². The quantitative estimate of drug-likeness (QED) is 0.867. The van der Waals surface area contributed by atoms with Crippen LogP contribution in [0.2, 0.25) is 0 Å². The zero-order valence-corrected chi connectivity index (χ0v) is 12.2. The van der Waals surface area contributed by atoms with Crippen LogP contribution in [0.25, 0.3) is 11.0 Å². The summed E-state index contributed by atoms with van der Waals surface area (Å²) in [6, 6.07) is 8.73. The molecule has 1 saturated heterocycles. The topological polar surface area (TPSA) is 25.2 Å². The van der Waals surface area contributed by atoms with E-state index in [-0.39, 0.29) is 5.54 Å². The van der Waals surface area contributed by atoms with Gasteiger partial charge in [0.2, 0.25) is 0 Å². The summed E-state index contributed by atoms with van der Waals surface area (Å²) in [6.45, 7) is 3.27. The van der Waals surface area contributed by atoms with Crippen molar-refractivity contribution in [2.75, 3.05) is 6.54 Å². The number of furan rings is 1. The molecule has 2 heterocycles. The number of hydrogen-bond acceptors (Lipinski definition) is 2. The molecule has 1 atom stereocenters. The number of benzene rings is 1. The highest BCUT2D eigenvalue weighted by Crippen LogP contribution is 2.50. The molecule has 1 aliphatic heterocycles. The molecule has 0 amide bonds. The van der Waals surface area contributed by atoms with Crippen LogP contribution in [0.4, 0.5) is 0 Å². The lowest BCUT2D eigenvalue weighted by Gasteiger charge is -2.32. The van der Waals surface area contributed by atoms with E-state index in [1.807, 2.05) is 0 Å². The van der Waals surface area contributed by atoms with Gasteiger partial charge in [-0.2, -0.15) is 0 Å². The van der Waals surface area contributed by atoms with Crippen molar-refractivity contribution in [3.8, 4) is 0 Å². The maximum atomic E-state index is 6.34. The van der Waals surface area contributed by atoms with Crippen LogP contribution < -0.4 is 5.32 Å². The second kappa shape index (κ2) is 4.63. The van der Waals surface area contributed by atoms with E-state index in [0.717, 1.165) is 18.0 Å². The molecule has 0 spiro atoms. The third kappa shape index (κ3) is 1.89. The van der Waals surface area contributed by atoms with Crippen molar-refractivity contribution in [1.82, 2.24) is 5.32 Å². The second-order valence-corrected chi connectivity index (χ2v) is 6.59. The summed E-state index contributed by atoms with van der Waals surface area (Å²) in [6.07, 6.45) is 7.90. The Balaban J connectivity index is 1.83. The lowest BCUT2D eigenvalue weighted by molar-refractivity contribution is 0.231. The number of hydrogen-bond donors (Lipinski definition) is 1. The highest BCUT2D eigenvalue weighted by molar-refractivity contribution is 5.81. The van der Waals surface area contributed by atoms with Crippen LogP contribution in [-0.4, -0.2) is 6.54 Å². The molecule has 2 heteroatoms. The van der Waals surface area contributed by atoms with Crippen molar-refractivity contribution in [3.05, 3.63) is 35.6 Å². The molecule has 1 unspecified atom stereocenters. The molecule has 2 fully saturated rings. The van der Waals surface area contributed by atoms with E-state index in [2.05, 4.69) is 36.5 Å². The standard InChI is InChI=1S/C18H23NO/c1-13-6-5-7-14-12-16(20-17(13)14)18(15-8-9-15)10-3-2-4-11-19-18/h5-7,12,15,19H,2-4,8-11H2,1H3. The molecular weight excluding hydrogens is 246 g/mol. The Kier molecular flexibility index (Phi) is 2.88. The van der Waals surface area contributed by atoms with Gasteiger partial charge in [0.15, 0.2) is 0 Å². The predicted octanol–water partition coefficient (Wildman–Crippen LogP) is 4.51. The molecule has 1 N–H and O–H groups in total. The second-order valence-electron chi connectivity index (χ2n) is 6.59. The van der Waals surface area contributed by atoms with E-state index in [1.165, 1.54) is 55.2 Å². The minimum atomic E-state index is 0.113. The Labute approximate surface area is 120 Å². The van der Waals surface area contributed by atoms with Crippen molar-refractivity contribution in [1.29, 1.82) is 0 Å². The van der Waals surface area contributed by atoms with Gasteiger partial charge in [0.05, 0.1) is 5.54 Å². The van der Waals surface area contributed by atoms with Gasteiger partial charge in [-0.15, -0.1) is 0 Å². The molecule has 1 aromatic carbocycles. The SMILES string of the molecule is Cc1cccc2cc(C3(C4CC4)CCCCCN3)oc12. The number of para-hydroxylation sites is 1. The Morgan fingerprint density at radius 2 is 2.10 bits per heavy atom. The van der Waals surface area contributed by atoms with Crippen molar-refractivity contribution >= 4 is 11.0 Å². The van der Waals surface area contributed by atoms with Crippen LogP contribution in [0.5, 0.6) is 0 Å². The number of fused-ring (bicyclic) bond motifs is 1. The highest BCUT2D eigenvalue weighted by Gasteiger charge is 2.48. The van der Waals surface area contributed by atoms with Gasteiger partial charge in [-0.25, -0.2) is 0 Å². The minimum Gasteiger partial charge on any atom is -0.459 e. The van der Waals surface area contributed by atoms with Crippen LogP contribution in [0.15, 0.2) is 28.7 Å². The fourth-order valence-electron chi connectivity index (χ4n) is 3.87. The number of aryl methyl sites for hydroxylation is 1. The van der Waals surface area contributed by atoms with Crippen molar-refractivity contribution in [3.63, 3.8) is 0 Å². The smallest absolute Gasteiger partial charge is 0.137 e. The van der Waals surface area contributed by atoms with Crippen LogP contribution in [-0.2, 0) is 5.54 Å². The van der Waals surface area contributed by atoms with Gasteiger partial charge >= 0.3 is 0 Å². The molecule has 0 radical (unpaired) electrons. The van der Waals surface area contributed by atoms with Gasteiger partial charge < -0.3 is 9.73 Å². The summed E-state index contributed by atoms with van der Waals surface area (Å²) in [5, 5.41) is 5.12. The molecule has 1 aliphatic carbocycles. The van der Waals surface area contributed by atoms with E-state index in [1.54, 1.807) is 0 Å². The maximum Gasteiger partial charge on any atom is 0.137 e. The molecule has 2 nitrogen and oxygen atoms in total. The minimum absolute atomic E-state index is 0.113. The maximum absolute atomic E-state index is 6.34. The first-order valence-electron chi connectivity index (χ1n) is 8.04. The number of nitrogens with one attached hydrogen (secondary N) is 1. The van der Waals surface area contributed by atoms with E-state index in [0.29, 0.717) is 0 Å². The van der Waals surface area contributed by atoms with Gasteiger partial charge in [0, 0.05) is 5.39 Å². The average Bonchev–Trinajstić information content (AvgIpc) is 3.23. The Bertz CT molecular complexity index is 615. The summed E-state index contributed by atoms with van der Waals surface area (Å²) < 4.78 is 6.34. The monoisotopic (exact) mass is 269 g/mol. The molecule has 1 saturated carbocycles. The first-order chi connectivity index (χ1) is 9.79. The van der Waals surface area contributed by atoms with E-state index in [9.17, 15) is 0 Å². The molecule has 106 valence electrons. The van der Waals surface area contributed by atoms with Gasteiger partial charge in [-0.05, 0) is 56.7 Å². The average molecular weight is 269 g/mol. The lowest BCUT2D eigenvalue weighted by atomic mass is 9.85. The van der Waals surface area contributed by atoms with Crippen LogP contribution >= 0.6 is 0 Å². The first-order valence-corrected chi connectivity index (χ1v) is 8.04. The van der Waals surface area contributed by atoms with Gasteiger partial charge in [0.1, 0.15) is 11.3 Å². The van der Waals surface area contributed by atoms with Crippen molar-refractivity contribution < 1.29 is 4.42 Å². The van der Waals surface area contributed by atoms with Crippen molar-refractivity contribution in [2.24, 2.45) is 5.92 Å². The summed E-state index contributed by atoms with van der Waals surface area (Å²) >= 11 is 0. The van der Waals surface area contributed by atoms with E-state index < -0.39 is 0 Å². The zero-order valence-electron chi connectivity index (χ0n) is 12.2. The fraction of sp³-hybridized carbons (Fsp3) is 0.556. The van der Waals surface area contributed by atoms with Crippen LogP contribution in [0.1, 0.15) is 49.8 Å². The Morgan fingerprint density at radius 1 is 1.20 bits per heavy atom. The molecule has 20 heavy (non-hydrogen) atoms. The third-order valence-electron chi connectivity index (χ3n) is 5.14. The summed E-state index contributed by atoms with van der Waals surface area (Å²) in [7, 11) is 0. The Morgan fingerprint density at radius 3 is 2.90 bits per heavy atom. The van der Waals surface area contributed by atoms with Gasteiger partial charge in [-0.1, -0.05) is 31.0 Å². The normalized spacial score (nSPS) is 27.6. The molecule has 4 rings (SSSR count). The van der Waals surface area contributed by atoms with Crippen molar-refractivity contribution in [2.45, 2.75) is 51.0 Å². The summed E-state index contributed by atoms with van der Waals surface area (Å²) in [5.74, 6) is 1.97. The fourth-order valence-corrected chi connectivity index (χ4v) is 3.87. The third-order valence-corrected chi connectivity index (χ3v) is 5.14. The highest BCUT2D eigenvalue weighted by atomic mass is 16.3. The van der Waals surface area contributed by atoms with Gasteiger partial charge in [0.25, 0.3) is 0 Å². The summed E-state index contributed by atoms with van der Waals surface area (Å²) in [5.41, 5.74) is 2.43.